The Kier molecular flexibility index (Phi) is 12.7. The monoisotopic (exact) mass is 282 g/mol. The zero-order valence-electron chi connectivity index (χ0n) is 13.8. The number of carbonyl (C=O) groups is 1. The zero-order chi connectivity index (χ0) is 15.2. The molecule has 0 saturated carbocycles. The molecule has 0 bridgehead atoms. The summed E-state index contributed by atoms with van der Waals surface area (Å²) in [5.41, 5.74) is 0.497. The van der Waals surface area contributed by atoms with Gasteiger partial charge in [-0.05, 0) is 19.3 Å². The minimum absolute atomic E-state index is 0.497. The Bertz CT molecular complexity index is 257. The van der Waals surface area contributed by atoms with Gasteiger partial charge in [0.2, 0.25) is 0 Å². The van der Waals surface area contributed by atoms with Gasteiger partial charge in [-0.1, -0.05) is 84.1 Å². The molecular weight excluding hydrogens is 248 g/mol. The van der Waals surface area contributed by atoms with Crippen molar-refractivity contribution >= 4 is 5.97 Å². The highest BCUT2D eigenvalue weighted by Gasteiger charge is 2.08. The number of allylic oxidation sites excluding steroid dienone is 1. The third-order valence-corrected chi connectivity index (χ3v) is 4.03. The first-order valence-corrected chi connectivity index (χ1v) is 8.51. The number of hydrogen-bond donors (Lipinski definition) is 1. The lowest BCUT2D eigenvalue weighted by Crippen LogP contribution is -2.02. The third kappa shape index (κ3) is 11.1. The van der Waals surface area contributed by atoms with Crippen molar-refractivity contribution in [3.05, 3.63) is 11.6 Å². The van der Waals surface area contributed by atoms with E-state index in [1.807, 2.05) is 6.08 Å². The predicted octanol–water partition coefficient (Wildman–Crippen LogP) is 5.96. The van der Waals surface area contributed by atoms with E-state index in [1.54, 1.807) is 6.92 Å². The fraction of sp³-hybridized carbons (Fsp3) is 0.833. The molecule has 2 nitrogen and oxygen atoms in total. The number of carboxylic acids is 1. The van der Waals surface area contributed by atoms with Crippen LogP contribution in [0.3, 0.4) is 0 Å². The van der Waals surface area contributed by atoms with E-state index in [-0.39, 0.29) is 0 Å². The Morgan fingerprint density at radius 3 is 1.85 bits per heavy atom. The molecule has 0 aromatic carbocycles. The van der Waals surface area contributed by atoms with Crippen LogP contribution in [0.5, 0.6) is 0 Å². The van der Waals surface area contributed by atoms with E-state index >= 15 is 0 Å². The molecule has 20 heavy (non-hydrogen) atoms. The van der Waals surface area contributed by atoms with Gasteiger partial charge in [0.05, 0.1) is 0 Å². The molecule has 0 unspecified atom stereocenters. The third-order valence-electron chi connectivity index (χ3n) is 4.03. The quantitative estimate of drug-likeness (QED) is 0.334. The topological polar surface area (TPSA) is 37.3 Å². The van der Waals surface area contributed by atoms with Crippen molar-refractivity contribution in [2.75, 3.05) is 0 Å². The summed E-state index contributed by atoms with van der Waals surface area (Å²) < 4.78 is 0. The molecular formula is C18H34O2. The fourth-order valence-electron chi connectivity index (χ4n) is 2.53. The molecule has 2 heteroatoms. The van der Waals surface area contributed by atoms with Crippen molar-refractivity contribution in [2.45, 2.75) is 91.4 Å². The van der Waals surface area contributed by atoms with Crippen LogP contribution >= 0.6 is 0 Å². The summed E-state index contributed by atoms with van der Waals surface area (Å²) in [5.74, 6) is -0.0984. The van der Waals surface area contributed by atoms with Crippen molar-refractivity contribution in [1.29, 1.82) is 0 Å². The maximum Gasteiger partial charge on any atom is 0.330 e. The summed E-state index contributed by atoms with van der Waals surface area (Å²) in [7, 11) is 0. The summed E-state index contributed by atoms with van der Waals surface area (Å²) in [6, 6.07) is 0. The van der Waals surface area contributed by atoms with Gasteiger partial charge in [-0.3, -0.25) is 0 Å². The first-order valence-electron chi connectivity index (χ1n) is 8.51. The van der Waals surface area contributed by atoms with Crippen LogP contribution in [-0.4, -0.2) is 11.1 Å². The van der Waals surface area contributed by atoms with Crippen molar-refractivity contribution in [3.63, 3.8) is 0 Å². The van der Waals surface area contributed by atoms with Crippen molar-refractivity contribution < 1.29 is 9.90 Å². The van der Waals surface area contributed by atoms with E-state index < -0.39 is 5.97 Å². The molecule has 0 atom stereocenters. The van der Waals surface area contributed by atoms with Gasteiger partial charge in [0.1, 0.15) is 0 Å². The van der Waals surface area contributed by atoms with Crippen molar-refractivity contribution in [2.24, 2.45) is 5.92 Å². The average Bonchev–Trinajstić information content (AvgIpc) is 2.43. The fourth-order valence-corrected chi connectivity index (χ4v) is 2.53. The smallest absolute Gasteiger partial charge is 0.330 e. The lowest BCUT2D eigenvalue weighted by Gasteiger charge is -2.15. The SMILES string of the molecule is CCCCCCC(CC=C(C)C(=O)O)CCCCCC. The highest BCUT2D eigenvalue weighted by molar-refractivity contribution is 5.85. The van der Waals surface area contributed by atoms with E-state index in [0.717, 1.165) is 6.42 Å². The van der Waals surface area contributed by atoms with E-state index in [0.29, 0.717) is 11.5 Å². The average molecular weight is 282 g/mol. The first-order chi connectivity index (χ1) is 9.61. The molecule has 0 aromatic heterocycles. The molecule has 1 N–H and O–H groups in total. The van der Waals surface area contributed by atoms with Gasteiger partial charge in [-0.25, -0.2) is 4.79 Å². The zero-order valence-corrected chi connectivity index (χ0v) is 13.8. The molecule has 0 aliphatic rings. The normalized spacial score (nSPS) is 12.1. The highest BCUT2D eigenvalue weighted by atomic mass is 16.4. The summed E-state index contributed by atoms with van der Waals surface area (Å²) in [4.78, 5) is 10.8. The second-order valence-corrected chi connectivity index (χ2v) is 5.99. The van der Waals surface area contributed by atoms with Crippen molar-refractivity contribution in [3.8, 4) is 0 Å². The second kappa shape index (κ2) is 13.2. The molecule has 0 rings (SSSR count). The lowest BCUT2D eigenvalue weighted by molar-refractivity contribution is -0.132. The molecule has 0 aliphatic carbocycles. The van der Waals surface area contributed by atoms with E-state index in [1.165, 1.54) is 64.2 Å². The number of carboxylic acid groups (broad SMARTS) is 1. The minimum Gasteiger partial charge on any atom is -0.478 e. The maximum absolute atomic E-state index is 10.8. The Balaban J connectivity index is 4.09. The van der Waals surface area contributed by atoms with Crippen LogP contribution in [0.15, 0.2) is 11.6 Å². The van der Waals surface area contributed by atoms with Crippen LogP contribution in [0.25, 0.3) is 0 Å². The van der Waals surface area contributed by atoms with Gasteiger partial charge >= 0.3 is 5.97 Å². The number of rotatable bonds is 13. The predicted molar refractivity (Wildman–Crippen MR) is 87.0 cm³/mol. The number of unbranched alkanes of at least 4 members (excludes halogenated alkanes) is 6. The first kappa shape index (κ1) is 19.2. The Morgan fingerprint density at radius 2 is 1.45 bits per heavy atom. The largest absolute Gasteiger partial charge is 0.478 e. The summed E-state index contributed by atoms with van der Waals surface area (Å²) in [6.07, 6.45) is 15.8. The van der Waals surface area contributed by atoms with E-state index in [4.69, 9.17) is 5.11 Å². The van der Waals surface area contributed by atoms with Gasteiger partial charge in [-0.15, -0.1) is 0 Å². The number of hydrogen-bond acceptors (Lipinski definition) is 1. The lowest BCUT2D eigenvalue weighted by atomic mass is 9.91. The molecule has 0 amide bonds. The Labute approximate surface area is 125 Å². The van der Waals surface area contributed by atoms with Crippen LogP contribution in [-0.2, 0) is 4.79 Å². The second-order valence-electron chi connectivity index (χ2n) is 5.99. The van der Waals surface area contributed by atoms with E-state index in [2.05, 4.69) is 13.8 Å². The number of aliphatic carboxylic acids is 1. The van der Waals surface area contributed by atoms with Crippen LogP contribution in [0.2, 0.25) is 0 Å². The minimum atomic E-state index is -0.777. The van der Waals surface area contributed by atoms with E-state index in [9.17, 15) is 4.79 Å². The summed E-state index contributed by atoms with van der Waals surface area (Å²) in [6.45, 7) is 6.18. The van der Waals surface area contributed by atoms with Gasteiger partial charge in [0, 0.05) is 5.57 Å². The van der Waals surface area contributed by atoms with Gasteiger partial charge in [-0.2, -0.15) is 0 Å². The molecule has 0 saturated heterocycles. The molecule has 0 spiro atoms. The standard InChI is InChI=1S/C18H34O2/c1-4-6-8-10-12-17(13-11-9-7-5-2)15-14-16(3)18(19)20/h14,17H,4-13,15H2,1-3H3,(H,19,20). The molecule has 0 fully saturated rings. The highest BCUT2D eigenvalue weighted by Crippen LogP contribution is 2.22. The van der Waals surface area contributed by atoms with Crippen LogP contribution in [0.1, 0.15) is 91.4 Å². The molecule has 0 aromatic rings. The van der Waals surface area contributed by atoms with Gasteiger partial charge in [0.25, 0.3) is 0 Å². The van der Waals surface area contributed by atoms with Gasteiger partial charge < -0.3 is 5.11 Å². The molecule has 0 aliphatic heterocycles. The molecule has 0 radical (unpaired) electrons. The molecule has 0 heterocycles. The Morgan fingerprint density at radius 1 is 0.950 bits per heavy atom. The summed E-state index contributed by atoms with van der Waals surface area (Å²) >= 11 is 0. The maximum atomic E-state index is 10.8. The van der Waals surface area contributed by atoms with Crippen molar-refractivity contribution in [1.82, 2.24) is 0 Å². The van der Waals surface area contributed by atoms with Crippen LogP contribution in [0, 0.1) is 5.92 Å². The Hall–Kier alpha value is -0.790. The van der Waals surface area contributed by atoms with Crippen LogP contribution in [0.4, 0.5) is 0 Å². The summed E-state index contributed by atoms with van der Waals surface area (Å²) in [5, 5.41) is 8.92. The molecule has 118 valence electrons. The van der Waals surface area contributed by atoms with Gasteiger partial charge in [0.15, 0.2) is 0 Å². The van der Waals surface area contributed by atoms with Crippen LogP contribution < -0.4 is 0 Å².